The maximum absolute atomic E-state index is 13.9. The molecule has 1 heterocycles. The number of hydrogen-bond acceptors (Lipinski definition) is 6. The summed E-state index contributed by atoms with van der Waals surface area (Å²) in [7, 11) is 1.76. The molecule has 0 saturated heterocycles. The second kappa shape index (κ2) is 10.4. The van der Waals surface area contributed by atoms with Gasteiger partial charge in [0.1, 0.15) is 11.5 Å². The number of anilines is 2. The first-order valence-electron chi connectivity index (χ1n) is 11.9. The minimum atomic E-state index is -0.739. The van der Waals surface area contributed by atoms with E-state index in [1.807, 2.05) is 32.9 Å². The lowest BCUT2D eigenvalue weighted by Crippen LogP contribution is -2.34. The Morgan fingerprint density at radius 1 is 1.20 bits per heavy atom. The quantitative estimate of drug-likeness (QED) is 0.356. The van der Waals surface area contributed by atoms with Gasteiger partial charge < -0.3 is 10.2 Å². The van der Waals surface area contributed by atoms with Gasteiger partial charge in [0.15, 0.2) is 0 Å². The lowest BCUT2D eigenvalue weighted by molar-refractivity contribution is 0.608. The van der Waals surface area contributed by atoms with Gasteiger partial charge in [0.25, 0.3) is 5.56 Å². The molecule has 0 fully saturated rings. The normalized spacial score (nSPS) is 11.5. The average molecular weight is 480 g/mol. The van der Waals surface area contributed by atoms with Gasteiger partial charge in [0, 0.05) is 37.0 Å². The van der Waals surface area contributed by atoms with Crippen molar-refractivity contribution in [2.24, 2.45) is 12.2 Å². The predicted molar refractivity (Wildman–Crippen MR) is 142 cm³/mol. The Morgan fingerprint density at radius 2 is 1.86 bits per heavy atom. The molecule has 0 radical (unpaired) electrons. The van der Waals surface area contributed by atoms with Crippen LogP contribution in [0.4, 0.5) is 16.0 Å². The third-order valence-corrected chi connectivity index (χ3v) is 6.09. The molecule has 3 aromatic rings. The van der Waals surface area contributed by atoms with Crippen LogP contribution in [0.5, 0.6) is 0 Å². The molecule has 1 N–H and O–H groups in total. The number of nitroso groups, excluding NO2 is 1. The van der Waals surface area contributed by atoms with E-state index >= 15 is 0 Å². The van der Waals surface area contributed by atoms with E-state index in [-0.39, 0.29) is 16.8 Å². The van der Waals surface area contributed by atoms with Gasteiger partial charge in [0.05, 0.1) is 16.4 Å². The largest absolute Gasteiger partial charge is 0.375 e. The van der Waals surface area contributed by atoms with E-state index in [4.69, 9.17) is 4.98 Å². The zero-order valence-corrected chi connectivity index (χ0v) is 21.4. The van der Waals surface area contributed by atoms with Crippen LogP contribution in [0.15, 0.2) is 46.9 Å². The number of nitrogens with one attached hydrogen (secondary N) is 1. The molecule has 8 heteroatoms. The number of aromatic nitrogens is 2. The van der Waals surface area contributed by atoms with Crippen LogP contribution in [0.3, 0.4) is 0 Å². The van der Waals surface area contributed by atoms with Crippen LogP contribution in [-0.2, 0) is 12.6 Å². The molecule has 0 bridgehead atoms. The first-order valence-corrected chi connectivity index (χ1v) is 11.9. The summed E-state index contributed by atoms with van der Waals surface area (Å²) in [6.07, 6.45) is 1.87. The summed E-state index contributed by atoms with van der Waals surface area (Å²) >= 11 is 0. The average Bonchev–Trinajstić information content (AvgIpc) is 2.81. The molecule has 0 spiro atoms. The Kier molecular flexibility index (Phi) is 7.73. The summed E-state index contributed by atoms with van der Waals surface area (Å²) in [6.45, 7) is 15.3. The summed E-state index contributed by atoms with van der Waals surface area (Å²) in [5, 5.41) is 6.85. The van der Waals surface area contributed by atoms with Gasteiger partial charge in [-0.2, -0.15) is 0 Å². The van der Waals surface area contributed by atoms with Crippen LogP contribution < -0.4 is 15.8 Å². The van der Waals surface area contributed by atoms with E-state index in [0.29, 0.717) is 22.5 Å². The maximum Gasteiger partial charge on any atom is 0.262 e. The highest BCUT2D eigenvalue weighted by Gasteiger charge is 2.27. The third kappa shape index (κ3) is 5.26. The number of rotatable bonds is 10. The topological polar surface area (TPSA) is 79.6 Å². The second-order valence-corrected chi connectivity index (χ2v) is 9.45. The van der Waals surface area contributed by atoms with E-state index < -0.39 is 11.4 Å². The summed E-state index contributed by atoms with van der Waals surface area (Å²) in [5.41, 5.74) is 2.23. The highest BCUT2D eigenvalue weighted by molar-refractivity contribution is 5.85. The molecular weight excluding hydrogens is 445 g/mol. The SMILES string of the molecule is C=C(N=O)c1cc(F)ccc1NC(C)(C)c1cc(C)cc2c(=O)n(C)c(N(CCC)CCC)nc12. The van der Waals surface area contributed by atoms with Gasteiger partial charge in [-0.15, -0.1) is 4.91 Å². The van der Waals surface area contributed by atoms with Gasteiger partial charge in [-0.25, -0.2) is 9.37 Å². The van der Waals surface area contributed by atoms with Gasteiger partial charge >= 0.3 is 0 Å². The Labute approximate surface area is 205 Å². The molecule has 0 saturated carbocycles. The first kappa shape index (κ1) is 26.1. The number of nitrogens with zero attached hydrogens (tertiary/aromatic N) is 4. The number of aryl methyl sites for hydroxylation is 1. The fraction of sp³-hybridized carbons (Fsp3) is 0.407. The van der Waals surface area contributed by atoms with Crippen LogP contribution in [0, 0.1) is 17.6 Å². The first-order chi connectivity index (χ1) is 16.5. The molecule has 186 valence electrons. The Morgan fingerprint density at radius 3 is 2.46 bits per heavy atom. The van der Waals surface area contributed by atoms with Gasteiger partial charge in [0.2, 0.25) is 5.95 Å². The molecule has 2 aromatic carbocycles. The molecule has 0 unspecified atom stereocenters. The van der Waals surface area contributed by atoms with Gasteiger partial charge in [-0.3, -0.25) is 9.36 Å². The predicted octanol–water partition coefficient (Wildman–Crippen LogP) is 6.09. The lowest BCUT2D eigenvalue weighted by Gasteiger charge is -2.31. The van der Waals surface area contributed by atoms with Crippen LogP contribution in [0.1, 0.15) is 57.2 Å². The monoisotopic (exact) mass is 479 g/mol. The molecular formula is C27H34FN5O2. The molecule has 0 aliphatic rings. The van der Waals surface area contributed by atoms with Crippen molar-refractivity contribution in [1.29, 1.82) is 0 Å². The number of hydrogen-bond donors (Lipinski definition) is 1. The van der Waals surface area contributed by atoms with Crippen LogP contribution in [0.25, 0.3) is 16.6 Å². The second-order valence-electron chi connectivity index (χ2n) is 9.45. The fourth-order valence-corrected chi connectivity index (χ4v) is 4.44. The van der Waals surface area contributed by atoms with Gasteiger partial charge in [-0.1, -0.05) is 26.5 Å². The van der Waals surface area contributed by atoms with Crippen molar-refractivity contribution in [1.82, 2.24) is 9.55 Å². The van der Waals surface area contributed by atoms with E-state index in [1.54, 1.807) is 17.7 Å². The summed E-state index contributed by atoms with van der Waals surface area (Å²) in [5.74, 6) is 0.143. The van der Waals surface area contributed by atoms with Crippen molar-refractivity contribution in [3.8, 4) is 0 Å². The minimum Gasteiger partial charge on any atom is -0.375 e. The Balaban J connectivity index is 2.24. The van der Waals surface area contributed by atoms with Crippen molar-refractivity contribution >= 4 is 28.2 Å². The van der Waals surface area contributed by atoms with Crippen molar-refractivity contribution in [2.45, 2.75) is 53.0 Å². The highest BCUT2D eigenvalue weighted by Crippen LogP contribution is 2.35. The standard InChI is InChI=1S/C27H34FN5O2/c1-8-12-33(13-9-2)26-29-24-21(25(34)32(26)7)14-17(3)15-22(24)27(5,6)30-23-11-10-19(28)16-20(23)18(4)31-35/h10-11,14-16,30H,4,8-9,12-13H2,1-3,5-7H3. The minimum absolute atomic E-state index is 0.0686. The van der Waals surface area contributed by atoms with E-state index in [2.05, 4.69) is 35.8 Å². The summed E-state index contributed by atoms with van der Waals surface area (Å²) in [4.78, 5) is 31.8. The Bertz CT molecular complexity index is 1320. The zero-order chi connectivity index (χ0) is 25.9. The molecule has 1 aromatic heterocycles. The molecule has 3 rings (SSSR count). The van der Waals surface area contributed by atoms with Crippen molar-refractivity contribution in [2.75, 3.05) is 23.3 Å². The highest BCUT2D eigenvalue weighted by atomic mass is 19.1. The third-order valence-electron chi connectivity index (χ3n) is 6.09. The number of benzene rings is 2. The maximum atomic E-state index is 13.9. The lowest BCUT2D eigenvalue weighted by atomic mass is 9.89. The summed E-state index contributed by atoms with van der Waals surface area (Å²) < 4.78 is 15.5. The van der Waals surface area contributed by atoms with E-state index in [0.717, 1.165) is 37.1 Å². The molecule has 0 atom stereocenters. The van der Waals surface area contributed by atoms with Crippen LogP contribution in [-0.4, -0.2) is 22.6 Å². The molecule has 0 aliphatic carbocycles. The van der Waals surface area contributed by atoms with Crippen molar-refractivity contribution in [3.63, 3.8) is 0 Å². The van der Waals surface area contributed by atoms with E-state index in [1.165, 1.54) is 12.1 Å². The molecule has 35 heavy (non-hydrogen) atoms. The van der Waals surface area contributed by atoms with Crippen molar-refractivity contribution < 1.29 is 4.39 Å². The smallest absolute Gasteiger partial charge is 0.262 e. The van der Waals surface area contributed by atoms with Crippen LogP contribution in [0.2, 0.25) is 0 Å². The zero-order valence-electron chi connectivity index (χ0n) is 21.4. The fourth-order valence-electron chi connectivity index (χ4n) is 4.44. The summed E-state index contributed by atoms with van der Waals surface area (Å²) in [6, 6.07) is 7.97. The molecule has 7 nitrogen and oxygen atoms in total. The van der Waals surface area contributed by atoms with Gasteiger partial charge in [-0.05, 0) is 68.6 Å². The molecule has 0 aliphatic heterocycles. The Hall–Kier alpha value is -3.55. The number of halogens is 1. The van der Waals surface area contributed by atoms with Crippen molar-refractivity contribution in [3.05, 3.63) is 74.7 Å². The molecule has 0 amide bonds. The van der Waals surface area contributed by atoms with Crippen LogP contribution >= 0.6 is 0 Å². The number of fused-ring (bicyclic) bond motifs is 1. The van der Waals surface area contributed by atoms with E-state index in [9.17, 15) is 14.1 Å².